The predicted octanol–water partition coefficient (Wildman–Crippen LogP) is 2.01. The van der Waals surface area contributed by atoms with Crippen LogP contribution in [0.4, 0.5) is 0 Å². The quantitative estimate of drug-likeness (QED) is 0.871. The number of nitrogens with one attached hydrogen (secondary N) is 1. The van der Waals surface area contributed by atoms with Crippen molar-refractivity contribution < 1.29 is 14.7 Å². The topological polar surface area (TPSA) is 66.4 Å². The largest absolute Gasteiger partial charge is 0.480 e. The zero-order valence-corrected chi connectivity index (χ0v) is 11.3. The van der Waals surface area contributed by atoms with Crippen molar-refractivity contribution in [3.05, 3.63) is 35.4 Å². The number of aryl methyl sites for hydroxylation is 1. The third kappa shape index (κ3) is 2.35. The van der Waals surface area contributed by atoms with E-state index in [-0.39, 0.29) is 5.91 Å². The predicted molar refractivity (Wildman–Crippen MR) is 71.9 cm³/mol. The fourth-order valence-corrected chi connectivity index (χ4v) is 2.66. The molecule has 0 radical (unpaired) electrons. The van der Waals surface area contributed by atoms with Gasteiger partial charge in [-0.25, -0.2) is 0 Å². The highest BCUT2D eigenvalue weighted by Crippen LogP contribution is 2.45. The molecule has 1 unspecified atom stereocenters. The molecule has 2 rings (SSSR count). The molecule has 1 aliphatic rings. The Labute approximate surface area is 112 Å². The van der Waals surface area contributed by atoms with Crippen molar-refractivity contribution in [1.82, 2.24) is 5.32 Å². The van der Waals surface area contributed by atoms with Gasteiger partial charge in [0.2, 0.25) is 5.91 Å². The zero-order chi connectivity index (χ0) is 14.0. The van der Waals surface area contributed by atoms with Crippen LogP contribution in [0.2, 0.25) is 0 Å². The molecule has 0 bridgehead atoms. The van der Waals surface area contributed by atoms with Crippen LogP contribution in [0.25, 0.3) is 0 Å². The van der Waals surface area contributed by atoms with Crippen LogP contribution in [0.3, 0.4) is 0 Å². The number of hydrogen-bond donors (Lipinski definition) is 2. The lowest BCUT2D eigenvalue weighted by molar-refractivity contribution is -0.143. The van der Waals surface area contributed by atoms with E-state index in [0.29, 0.717) is 0 Å². The van der Waals surface area contributed by atoms with E-state index in [2.05, 4.69) is 5.32 Å². The van der Waals surface area contributed by atoms with Crippen LogP contribution >= 0.6 is 0 Å². The number of carboxylic acid groups (broad SMARTS) is 1. The Morgan fingerprint density at radius 1 is 1.32 bits per heavy atom. The van der Waals surface area contributed by atoms with E-state index >= 15 is 0 Å². The Kier molecular flexibility index (Phi) is 3.60. The Morgan fingerprint density at radius 2 is 1.95 bits per heavy atom. The fourth-order valence-electron chi connectivity index (χ4n) is 2.66. The van der Waals surface area contributed by atoms with E-state index in [9.17, 15) is 9.59 Å². The first-order chi connectivity index (χ1) is 8.97. The maximum atomic E-state index is 12.4. The lowest BCUT2D eigenvalue weighted by Gasteiger charge is -2.42. The van der Waals surface area contributed by atoms with E-state index in [1.54, 1.807) is 0 Å². The van der Waals surface area contributed by atoms with Gasteiger partial charge in [-0.15, -0.1) is 0 Å². The van der Waals surface area contributed by atoms with Gasteiger partial charge in [0.15, 0.2) is 0 Å². The highest BCUT2D eigenvalue weighted by molar-refractivity contribution is 5.92. The molecule has 1 atom stereocenters. The van der Waals surface area contributed by atoms with Crippen LogP contribution in [-0.2, 0) is 15.0 Å². The molecule has 4 heteroatoms. The number of hydrogen-bond acceptors (Lipinski definition) is 2. The number of carbonyl (C=O) groups excluding carboxylic acids is 1. The molecule has 1 fully saturated rings. The van der Waals surface area contributed by atoms with Crippen molar-refractivity contribution in [1.29, 1.82) is 0 Å². The van der Waals surface area contributed by atoms with Gasteiger partial charge in [0.1, 0.15) is 6.04 Å². The third-order valence-corrected chi connectivity index (χ3v) is 4.02. The standard InChI is InChI=1S/C15H19NO3/c1-10-6-3-4-7-12(10)15(8-5-9-15)14(19)16-11(2)13(17)18/h3-4,6-7,11H,5,8-9H2,1-2H3,(H,16,19)(H,17,18). The molecule has 2 N–H and O–H groups in total. The summed E-state index contributed by atoms with van der Waals surface area (Å²) in [6.07, 6.45) is 2.58. The summed E-state index contributed by atoms with van der Waals surface area (Å²) in [7, 11) is 0. The van der Waals surface area contributed by atoms with Crippen LogP contribution in [0.15, 0.2) is 24.3 Å². The number of carbonyl (C=O) groups is 2. The maximum Gasteiger partial charge on any atom is 0.325 e. The Morgan fingerprint density at radius 3 is 2.42 bits per heavy atom. The lowest BCUT2D eigenvalue weighted by Crippen LogP contribution is -2.53. The van der Waals surface area contributed by atoms with Gasteiger partial charge >= 0.3 is 5.97 Å². The molecule has 0 heterocycles. The van der Waals surface area contributed by atoms with Gasteiger partial charge in [-0.1, -0.05) is 30.7 Å². The summed E-state index contributed by atoms with van der Waals surface area (Å²) in [6, 6.07) is 6.98. The van der Waals surface area contributed by atoms with E-state index < -0.39 is 17.4 Å². The van der Waals surface area contributed by atoms with E-state index in [1.165, 1.54) is 6.92 Å². The first kappa shape index (κ1) is 13.6. The Balaban J connectivity index is 2.26. The van der Waals surface area contributed by atoms with Crippen molar-refractivity contribution in [2.75, 3.05) is 0 Å². The molecule has 102 valence electrons. The monoisotopic (exact) mass is 261 g/mol. The van der Waals surface area contributed by atoms with Crippen LogP contribution in [0, 0.1) is 6.92 Å². The minimum absolute atomic E-state index is 0.164. The molecule has 0 saturated heterocycles. The molecule has 1 aromatic rings. The van der Waals surface area contributed by atoms with Gasteiger partial charge in [0.05, 0.1) is 5.41 Å². The molecule has 19 heavy (non-hydrogen) atoms. The molecular formula is C15H19NO3. The highest BCUT2D eigenvalue weighted by atomic mass is 16.4. The second-order valence-corrected chi connectivity index (χ2v) is 5.28. The third-order valence-electron chi connectivity index (χ3n) is 4.02. The minimum atomic E-state index is -1.01. The number of rotatable bonds is 4. The summed E-state index contributed by atoms with van der Waals surface area (Å²) in [5.74, 6) is -1.17. The second kappa shape index (κ2) is 5.03. The summed E-state index contributed by atoms with van der Waals surface area (Å²) >= 11 is 0. The Hall–Kier alpha value is -1.84. The molecule has 4 nitrogen and oxygen atoms in total. The van der Waals surface area contributed by atoms with Gasteiger partial charge in [0, 0.05) is 0 Å². The minimum Gasteiger partial charge on any atom is -0.480 e. The van der Waals surface area contributed by atoms with E-state index in [1.807, 2.05) is 31.2 Å². The molecule has 0 aromatic heterocycles. The number of aliphatic carboxylic acids is 1. The summed E-state index contributed by atoms with van der Waals surface area (Å²) in [4.78, 5) is 23.3. The number of benzene rings is 1. The van der Waals surface area contributed by atoms with E-state index in [0.717, 1.165) is 30.4 Å². The van der Waals surface area contributed by atoms with Gasteiger partial charge in [-0.05, 0) is 37.8 Å². The van der Waals surface area contributed by atoms with Crippen molar-refractivity contribution in [2.45, 2.75) is 44.6 Å². The molecule has 0 aliphatic heterocycles. The fraction of sp³-hybridized carbons (Fsp3) is 0.467. The maximum absolute atomic E-state index is 12.4. The number of amides is 1. The van der Waals surface area contributed by atoms with Crippen molar-refractivity contribution in [3.8, 4) is 0 Å². The average Bonchev–Trinajstić information content (AvgIpc) is 2.30. The van der Waals surface area contributed by atoms with Crippen LogP contribution in [0.1, 0.15) is 37.3 Å². The van der Waals surface area contributed by atoms with E-state index in [4.69, 9.17) is 5.11 Å². The first-order valence-electron chi connectivity index (χ1n) is 6.57. The van der Waals surface area contributed by atoms with Crippen molar-refractivity contribution >= 4 is 11.9 Å². The normalized spacial score (nSPS) is 18.2. The Bertz CT molecular complexity index is 506. The van der Waals surface area contributed by atoms with Crippen LogP contribution in [-0.4, -0.2) is 23.0 Å². The molecular weight excluding hydrogens is 242 g/mol. The van der Waals surface area contributed by atoms with Gasteiger partial charge in [-0.3, -0.25) is 9.59 Å². The SMILES string of the molecule is Cc1ccccc1C1(C(=O)NC(C)C(=O)O)CCC1. The first-order valence-corrected chi connectivity index (χ1v) is 6.57. The zero-order valence-electron chi connectivity index (χ0n) is 11.3. The summed E-state index contributed by atoms with van der Waals surface area (Å²) in [5.41, 5.74) is 1.58. The smallest absolute Gasteiger partial charge is 0.325 e. The summed E-state index contributed by atoms with van der Waals surface area (Å²) < 4.78 is 0. The second-order valence-electron chi connectivity index (χ2n) is 5.28. The summed E-state index contributed by atoms with van der Waals surface area (Å²) in [5, 5.41) is 11.5. The van der Waals surface area contributed by atoms with Gasteiger partial charge in [-0.2, -0.15) is 0 Å². The molecule has 1 amide bonds. The lowest BCUT2D eigenvalue weighted by atomic mass is 9.62. The van der Waals surface area contributed by atoms with Gasteiger partial charge in [0.25, 0.3) is 0 Å². The number of carboxylic acids is 1. The molecule has 0 spiro atoms. The highest BCUT2D eigenvalue weighted by Gasteiger charge is 2.46. The van der Waals surface area contributed by atoms with Gasteiger partial charge < -0.3 is 10.4 Å². The summed E-state index contributed by atoms with van der Waals surface area (Å²) in [6.45, 7) is 3.48. The average molecular weight is 261 g/mol. The van der Waals surface area contributed by atoms with Crippen LogP contribution in [0.5, 0.6) is 0 Å². The molecule has 1 saturated carbocycles. The molecule has 1 aliphatic carbocycles. The van der Waals surface area contributed by atoms with Crippen molar-refractivity contribution in [3.63, 3.8) is 0 Å². The van der Waals surface area contributed by atoms with Crippen molar-refractivity contribution in [2.24, 2.45) is 0 Å². The van der Waals surface area contributed by atoms with Crippen LogP contribution < -0.4 is 5.32 Å². The molecule has 1 aromatic carbocycles.